The smallest absolute Gasteiger partial charge is 0.230 e. The fourth-order valence-electron chi connectivity index (χ4n) is 3.05. The molecule has 1 heterocycles. The molecule has 1 amide bonds. The second-order valence-corrected chi connectivity index (χ2v) is 7.71. The number of carbonyl (C=O) groups is 1. The van der Waals surface area contributed by atoms with Gasteiger partial charge in [-0.15, -0.1) is 10.2 Å². The lowest BCUT2D eigenvalue weighted by molar-refractivity contribution is -0.118. The highest BCUT2D eigenvalue weighted by atomic mass is 32.2. The minimum Gasteiger partial charge on any atom is -0.355 e. The Kier molecular flexibility index (Phi) is 6.87. The van der Waals surface area contributed by atoms with Gasteiger partial charge >= 0.3 is 0 Å². The summed E-state index contributed by atoms with van der Waals surface area (Å²) in [5.74, 6) is 1.46. The highest BCUT2D eigenvalue weighted by molar-refractivity contribution is 7.99. The van der Waals surface area contributed by atoms with Crippen LogP contribution in [-0.2, 0) is 11.3 Å². The van der Waals surface area contributed by atoms with E-state index in [9.17, 15) is 4.79 Å². The van der Waals surface area contributed by atoms with Crippen molar-refractivity contribution in [1.82, 2.24) is 20.1 Å². The predicted molar refractivity (Wildman–Crippen MR) is 114 cm³/mol. The van der Waals surface area contributed by atoms with Gasteiger partial charge in [-0.3, -0.25) is 4.79 Å². The number of hydrogen-bond acceptors (Lipinski definition) is 4. The molecule has 0 aliphatic rings. The molecule has 1 aromatic heterocycles. The van der Waals surface area contributed by atoms with E-state index in [1.54, 1.807) is 0 Å². The lowest BCUT2D eigenvalue weighted by atomic mass is 10.0. The maximum atomic E-state index is 12.3. The summed E-state index contributed by atoms with van der Waals surface area (Å²) in [5, 5.41) is 12.5. The Balaban J connectivity index is 1.59. The molecule has 0 saturated heterocycles. The van der Waals surface area contributed by atoms with Crippen LogP contribution in [0.5, 0.6) is 0 Å². The van der Waals surface area contributed by atoms with Gasteiger partial charge in [0.1, 0.15) is 0 Å². The van der Waals surface area contributed by atoms with Gasteiger partial charge in [0.15, 0.2) is 11.0 Å². The minimum absolute atomic E-state index is 0.0101. The number of aryl methyl sites for hydroxylation is 1. The quantitative estimate of drug-likeness (QED) is 0.579. The topological polar surface area (TPSA) is 59.8 Å². The van der Waals surface area contributed by atoms with Gasteiger partial charge in [0.25, 0.3) is 0 Å². The fraction of sp³-hybridized carbons (Fsp3) is 0.318. The van der Waals surface area contributed by atoms with E-state index >= 15 is 0 Å². The standard InChI is InChI=1S/C22H26N4OS/c1-4-26-21(19-13-9-8-10-16(19)2)24-25-22(26)28-15-20(27)23-14-17(3)18-11-6-5-7-12-18/h5-13,17H,4,14-15H2,1-3H3,(H,23,27). The number of rotatable bonds is 8. The van der Waals surface area contributed by atoms with Crippen molar-refractivity contribution in [2.75, 3.05) is 12.3 Å². The van der Waals surface area contributed by atoms with E-state index in [1.807, 2.05) is 30.3 Å². The average molecular weight is 395 g/mol. The van der Waals surface area contributed by atoms with E-state index in [2.05, 4.69) is 65.1 Å². The molecule has 1 atom stereocenters. The van der Waals surface area contributed by atoms with Crippen LogP contribution < -0.4 is 5.32 Å². The molecule has 1 N–H and O–H groups in total. The van der Waals surface area contributed by atoms with Crippen LogP contribution in [0.25, 0.3) is 11.4 Å². The zero-order valence-corrected chi connectivity index (χ0v) is 17.4. The molecule has 0 aliphatic carbocycles. The number of thioether (sulfide) groups is 1. The predicted octanol–water partition coefficient (Wildman–Crippen LogP) is 4.29. The number of carbonyl (C=O) groups excluding carboxylic acids is 1. The molecule has 0 fully saturated rings. The van der Waals surface area contributed by atoms with Crippen molar-refractivity contribution in [2.45, 2.75) is 38.4 Å². The second kappa shape index (κ2) is 9.55. The van der Waals surface area contributed by atoms with Gasteiger partial charge in [-0.05, 0) is 30.9 Å². The normalized spacial score (nSPS) is 12.0. The van der Waals surface area contributed by atoms with Crippen molar-refractivity contribution in [1.29, 1.82) is 0 Å². The van der Waals surface area contributed by atoms with Crippen molar-refractivity contribution in [3.63, 3.8) is 0 Å². The maximum Gasteiger partial charge on any atom is 0.230 e. The van der Waals surface area contributed by atoms with Crippen molar-refractivity contribution in [2.24, 2.45) is 0 Å². The first-order valence-corrected chi connectivity index (χ1v) is 10.5. The monoisotopic (exact) mass is 394 g/mol. The maximum absolute atomic E-state index is 12.3. The van der Waals surface area contributed by atoms with Crippen molar-refractivity contribution < 1.29 is 4.79 Å². The van der Waals surface area contributed by atoms with Crippen LogP contribution >= 0.6 is 11.8 Å². The van der Waals surface area contributed by atoms with Crippen LogP contribution in [0.1, 0.15) is 30.9 Å². The first kappa shape index (κ1) is 20.1. The summed E-state index contributed by atoms with van der Waals surface area (Å²) in [4.78, 5) is 12.3. The van der Waals surface area contributed by atoms with Gasteiger partial charge in [0, 0.05) is 18.7 Å². The Morgan fingerprint density at radius 2 is 1.82 bits per heavy atom. The van der Waals surface area contributed by atoms with E-state index in [4.69, 9.17) is 0 Å². The van der Waals surface area contributed by atoms with Crippen molar-refractivity contribution in [3.05, 3.63) is 65.7 Å². The third-order valence-electron chi connectivity index (χ3n) is 4.73. The molecule has 5 nitrogen and oxygen atoms in total. The second-order valence-electron chi connectivity index (χ2n) is 6.77. The van der Waals surface area contributed by atoms with E-state index in [0.29, 0.717) is 12.3 Å². The first-order chi connectivity index (χ1) is 13.6. The summed E-state index contributed by atoms with van der Waals surface area (Å²) in [6.07, 6.45) is 0. The zero-order chi connectivity index (χ0) is 19.9. The summed E-state index contributed by atoms with van der Waals surface area (Å²) in [5.41, 5.74) is 3.46. The van der Waals surface area contributed by atoms with Crippen molar-refractivity contribution in [3.8, 4) is 11.4 Å². The summed E-state index contributed by atoms with van der Waals surface area (Å²) < 4.78 is 2.06. The summed E-state index contributed by atoms with van der Waals surface area (Å²) in [7, 11) is 0. The SMILES string of the molecule is CCn1c(SCC(=O)NCC(C)c2ccccc2)nnc1-c1ccccc1C. The van der Waals surface area contributed by atoms with Crippen LogP contribution in [0.4, 0.5) is 0 Å². The molecule has 146 valence electrons. The highest BCUT2D eigenvalue weighted by Gasteiger charge is 2.16. The minimum atomic E-state index is 0.0101. The Hall–Kier alpha value is -2.60. The number of nitrogens with zero attached hydrogens (tertiary/aromatic N) is 3. The van der Waals surface area contributed by atoms with Gasteiger partial charge < -0.3 is 9.88 Å². The summed E-state index contributed by atoms with van der Waals surface area (Å²) in [6, 6.07) is 18.4. The molecular weight excluding hydrogens is 368 g/mol. The fourth-order valence-corrected chi connectivity index (χ4v) is 3.88. The number of aromatic nitrogens is 3. The molecular formula is C22H26N4OS. The van der Waals surface area contributed by atoms with E-state index in [1.165, 1.54) is 17.3 Å². The highest BCUT2D eigenvalue weighted by Crippen LogP contribution is 2.26. The zero-order valence-electron chi connectivity index (χ0n) is 16.6. The Labute approximate surface area is 170 Å². The first-order valence-electron chi connectivity index (χ1n) is 9.53. The van der Waals surface area contributed by atoms with Gasteiger partial charge in [0.2, 0.25) is 5.91 Å². The van der Waals surface area contributed by atoms with Crippen LogP contribution in [0, 0.1) is 6.92 Å². The molecule has 3 rings (SSSR count). The largest absolute Gasteiger partial charge is 0.355 e. The molecule has 0 radical (unpaired) electrons. The molecule has 0 spiro atoms. The van der Waals surface area contributed by atoms with E-state index in [-0.39, 0.29) is 11.8 Å². The third kappa shape index (κ3) is 4.81. The Bertz CT molecular complexity index is 923. The number of nitrogens with one attached hydrogen (secondary N) is 1. The number of amides is 1. The molecule has 28 heavy (non-hydrogen) atoms. The van der Waals surface area contributed by atoms with Crippen LogP contribution in [0.3, 0.4) is 0 Å². The lowest BCUT2D eigenvalue weighted by Crippen LogP contribution is -2.29. The van der Waals surface area contributed by atoms with Crippen LogP contribution in [-0.4, -0.2) is 33.0 Å². The van der Waals surface area contributed by atoms with Crippen LogP contribution in [0.2, 0.25) is 0 Å². The molecule has 0 saturated carbocycles. The molecule has 0 bridgehead atoms. The molecule has 2 aromatic carbocycles. The van der Waals surface area contributed by atoms with Gasteiger partial charge in [0.05, 0.1) is 5.75 Å². The Morgan fingerprint density at radius 3 is 2.54 bits per heavy atom. The molecule has 6 heteroatoms. The summed E-state index contributed by atoms with van der Waals surface area (Å²) in [6.45, 7) is 7.63. The number of benzene rings is 2. The third-order valence-corrected chi connectivity index (χ3v) is 5.69. The Morgan fingerprint density at radius 1 is 1.11 bits per heavy atom. The van der Waals surface area contributed by atoms with Crippen LogP contribution in [0.15, 0.2) is 59.8 Å². The average Bonchev–Trinajstić information content (AvgIpc) is 3.14. The van der Waals surface area contributed by atoms with E-state index < -0.39 is 0 Å². The molecule has 1 unspecified atom stereocenters. The molecule has 0 aliphatic heterocycles. The lowest BCUT2D eigenvalue weighted by Gasteiger charge is -2.13. The van der Waals surface area contributed by atoms with Gasteiger partial charge in [-0.1, -0.05) is 73.3 Å². The summed E-state index contributed by atoms with van der Waals surface area (Å²) >= 11 is 1.43. The number of hydrogen-bond donors (Lipinski definition) is 1. The van der Waals surface area contributed by atoms with Gasteiger partial charge in [-0.25, -0.2) is 0 Å². The molecule has 3 aromatic rings. The van der Waals surface area contributed by atoms with Crippen molar-refractivity contribution >= 4 is 17.7 Å². The van der Waals surface area contributed by atoms with E-state index in [0.717, 1.165) is 28.7 Å². The van der Waals surface area contributed by atoms with Gasteiger partial charge in [-0.2, -0.15) is 0 Å².